The van der Waals surface area contributed by atoms with Crippen molar-refractivity contribution < 1.29 is 32.5 Å². The van der Waals surface area contributed by atoms with Crippen LogP contribution in [0.15, 0.2) is 70.2 Å². The summed E-state index contributed by atoms with van der Waals surface area (Å²) in [6.45, 7) is 10.1. The Kier molecular flexibility index (Phi) is 9.17. The van der Waals surface area contributed by atoms with Crippen LogP contribution in [0.5, 0.6) is 0 Å². The van der Waals surface area contributed by atoms with Gasteiger partial charge in [0.1, 0.15) is 31.8 Å². The van der Waals surface area contributed by atoms with Gasteiger partial charge in [0.25, 0.3) is 5.91 Å². The minimum Gasteiger partial charge on any atom is -0.444 e. The van der Waals surface area contributed by atoms with Crippen LogP contribution < -0.4 is 10.6 Å². The van der Waals surface area contributed by atoms with Gasteiger partial charge < -0.3 is 14.8 Å². The summed E-state index contributed by atoms with van der Waals surface area (Å²) < 4.78 is 40.5. The molecule has 2 N–H and O–H groups in total. The van der Waals surface area contributed by atoms with Gasteiger partial charge in [-0.25, -0.2) is 23.2 Å². The molecule has 0 fully saturated rings. The molecule has 0 bridgehead atoms. The van der Waals surface area contributed by atoms with Crippen LogP contribution in [-0.2, 0) is 19.2 Å². The van der Waals surface area contributed by atoms with Crippen molar-refractivity contribution in [3.05, 3.63) is 72.2 Å². The van der Waals surface area contributed by atoms with Gasteiger partial charge in [-0.1, -0.05) is 18.2 Å². The Morgan fingerprint density at radius 2 is 1.44 bits per heavy atom. The monoisotopic (exact) mass is 584 g/mol. The molecule has 1 atom stereocenters. The van der Waals surface area contributed by atoms with E-state index in [1.165, 1.54) is 36.7 Å². The highest BCUT2D eigenvalue weighted by atomic mass is 32.2. The fourth-order valence-electron chi connectivity index (χ4n) is 3.39. The molecule has 41 heavy (non-hydrogen) atoms. The Morgan fingerprint density at radius 1 is 0.829 bits per heavy atom. The van der Waals surface area contributed by atoms with Crippen molar-refractivity contribution in [2.75, 3.05) is 16.9 Å². The van der Waals surface area contributed by atoms with Crippen LogP contribution in [0, 0.1) is 5.82 Å². The number of nitrogens with one attached hydrogen (secondary N) is 2. The molecule has 0 saturated carbocycles. The fraction of sp³-hybridized carbons (Fsp3) is 0.310. The number of aromatic nitrogens is 1. The predicted molar refractivity (Wildman–Crippen MR) is 155 cm³/mol. The summed E-state index contributed by atoms with van der Waals surface area (Å²) >= 11 is 0. The molecule has 218 valence electrons. The van der Waals surface area contributed by atoms with E-state index in [1.54, 1.807) is 71.9 Å². The van der Waals surface area contributed by atoms with Gasteiger partial charge in [-0.3, -0.25) is 10.1 Å². The first-order valence-corrected chi connectivity index (χ1v) is 14.5. The van der Waals surface area contributed by atoms with Crippen LogP contribution in [-0.4, -0.2) is 44.7 Å². The quantitative estimate of drug-likeness (QED) is 0.334. The number of carbonyl (C=O) groups excluding carboxylic acids is 3. The minimum atomic E-state index is -3.24. The number of anilines is 2. The minimum absolute atomic E-state index is 0.00880. The molecule has 0 radical (unpaired) electrons. The molecule has 2 aromatic carbocycles. The molecule has 0 aliphatic rings. The van der Waals surface area contributed by atoms with Gasteiger partial charge in [0.15, 0.2) is 0 Å². The van der Waals surface area contributed by atoms with Crippen molar-refractivity contribution in [3.63, 3.8) is 0 Å². The Bertz CT molecular complexity index is 1570. The van der Waals surface area contributed by atoms with Gasteiger partial charge >= 0.3 is 12.2 Å². The van der Waals surface area contributed by atoms with E-state index in [0.29, 0.717) is 11.1 Å². The van der Waals surface area contributed by atoms with Crippen LogP contribution in [0.3, 0.4) is 0 Å². The lowest BCUT2D eigenvalue weighted by Crippen LogP contribution is -2.27. The van der Waals surface area contributed by atoms with E-state index in [1.807, 2.05) is 0 Å². The van der Waals surface area contributed by atoms with E-state index < -0.39 is 44.8 Å². The third-order valence-corrected chi connectivity index (χ3v) is 6.62. The Hall–Kier alpha value is -4.32. The number of hydrogen-bond acceptors (Lipinski definition) is 7. The molecule has 0 aliphatic heterocycles. The second-order valence-corrected chi connectivity index (χ2v) is 13.3. The van der Waals surface area contributed by atoms with Gasteiger partial charge in [-0.2, -0.15) is 0 Å². The van der Waals surface area contributed by atoms with Crippen molar-refractivity contribution in [1.29, 1.82) is 0 Å². The number of nitrogens with zero attached hydrogens (tertiary/aromatic N) is 2. The molecular formula is C29H33FN4O6S. The van der Waals surface area contributed by atoms with Crippen molar-refractivity contribution in [2.24, 2.45) is 4.36 Å². The lowest BCUT2D eigenvalue weighted by atomic mass is 10.0. The number of halogens is 1. The zero-order chi connectivity index (χ0) is 30.6. The first kappa shape index (κ1) is 31.2. The van der Waals surface area contributed by atoms with Crippen molar-refractivity contribution >= 4 is 39.2 Å². The van der Waals surface area contributed by atoms with Gasteiger partial charge in [0, 0.05) is 12.5 Å². The maximum Gasteiger partial charge on any atom is 0.442 e. The zero-order valence-electron chi connectivity index (χ0n) is 23.9. The van der Waals surface area contributed by atoms with Gasteiger partial charge in [0.2, 0.25) is 0 Å². The van der Waals surface area contributed by atoms with Crippen LogP contribution in [0.1, 0.15) is 51.9 Å². The molecule has 0 spiro atoms. The van der Waals surface area contributed by atoms with Crippen LogP contribution >= 0.6 is 0 Å². The van der Waals surface area contributed by atoms with E-state index in [0.717, 1.165) is 0 Å². The molecule has 1 unspecified atom stereocenters. The highest BCUT2D eigenvalue weighted by Crippen LogP contribution is 2.30. The Balaban J connectivity index is 1.89. The van der Waals surface area contributed by atoms with E-state index in [-0.39, 0.29) is 22.0 Å². The fourth-order valence-corrected chi connectivity index (χ4v) is 4.38. The highest BCUT2D eigenvalue weighted by molar-refractivity contribution is 7.93. The second-order valence-electron chi connectivity index (χ2n) is 11.1. The average molecular weight is 585 g/mol. The third-order valence-electron chi connectivity index (χ3n) is 5.11. The van der Waals surface area contributed by atoms with E-state index >= 15 is 0 Å². The van der Waals surface area contributed by atoms with Crippen LogP contribution in [0.4, 0.5) is 25.4 Å². The Labute approximate surface area is 238 Å². The number of carbonyl (C=O) groups is 3. The predicted octanol–water partition coefficient (Wildman–Crippen LogP) is 6.88. The van der Waals surface area contributed by atoms with E-state index in [4.69, 9.17) is 9.47 Å². The lowest BCUT2D eigenvalue weighted by molar-refractivity contribution is 0.0603. The highest BCUT2D eigenvalue weighted by Gasteiger charge is 2.21. The zero-order valence-corrected chi connectivity index (χ0v) is 24.7. The first-order chi connectivity index (χ1) is 18.9. The van der Waals surface area contributed by atoms with Gasteiger partial charge in [-0.15, -0.1) is 4.36 Å². The first-order valence-electron chi connectivity index (χ1n) is 12.5. The molecule has 0 saturated heterocycles. The number of ether oxygens (including phenoxy) is 2. The third kappa shape index (κ3) is 9.38. The average Bonchev–Trinajstić information content (AvgIpc) is 2.83. The molecule has 3 aromatic rings. The number of benzene rings is 2. The standard InChI is InChI=1S/C29H33FN4O6S/c1-28(2,3)39-26(36)33-22-14-10-19(18-8-12-21(30)13-9-18)16-23(22)32-25(35)20-11-15-24(31-17-20)41(7,38)34-27(37)40-29(4,5)6/h8-17H,1-7H3,(H,32,35)(H,33,36). The molecule has 10 nitrogen and oxygen atoms in total. The number of pyridine rings is 1. The summed E-state index contributed by atoms with van der Waals surface area (Å²) in [4.78, 5) is 41.7. The molecule has 12 heteroatoms. The number of amides is 3. The van der Waals surface area contributed by atoms with Gasteiger partial charge in [-0.05, 0) is 89.1 Å². The van der Waals surface area contributed by atoms with Crippen LogP contribution in [0.25, 0.3) is 11.1 Å². The Morgan fingerprint density at radius 3 is 2.00 bits per heavy atom. The lowest BCUT2D eigenvalue weighted by Gasteiger charge is -2.21. The molecule has 0 aliphatic carbocycles. The summed E-state index contributed by atoms with van der Waals surface area (Å²) in [6, 6.07) is 13.4. The molecule has 3 amide bonds. The summed E-state index contributed by atoms with van der Waals surface area (Å²) in [6.07, 6.45) is 0.734. The van der Waals surface area contributed by atoms with Gasteiger partial charge in [0.05, 0.1) is 16.9 Å². The second kappa shape index (κ2) is 12.0. The summed E-state index contributed by atoms with van der Waals surface area (Å²) in [5.41, 5.74) is 0.388. The molecule has 3 rings (SSSR count). The smallest absolute Gasteiger partial charge is 0.442 e. The maximum atomic E-state index is 13.4. The number of hydrogen-bond donors (Lipinski definition) is 2. The van der Waals surface area contributed by atoms with Crippen molar-refractivity contribution in [1.82, 2.24) is 4.98 Å². The van der Waals surface area contributed by atoms with Crippen LogP contribution in [0.2, 0.25) is 0 Å². The normalized spacial score (nSPS) is 13.0. The molecule has 1 aromatic heterocycles. The molecular weight excluding hydrogens is 551 g/mol. The maximum absolute atomic E-state index is 13.4. The number of rotatable bonds is 5. The topological polar surface area (TPSA) is 136 Å². The van der Waals surface area contributed by atoms with E-state index in [2.05, 4.69) is 20.0 Å². The summed E-state index contributed by atoms with van der Waals surface area (Å²) in [5.74, 6) is -0.976. The largest absolute Gasteiger partial charge is 0.444 e. The summed E-state index contributed by atoms with van der Waals surface area (Å²) in [5, 5.41) is 5.36. The van der Waals surface area contributed by atoms with Crippen molar-refractivity contribution in [3.8, 4) is 11.1 Å². The SMILES string of the molecule is CC(C)(C)OC(=O)N=S(C)(=O)c1ccc(C(=O)Nc2cc(-c3ccc(F)cc3)ccc2NC(=O)OC(C)(C)C)cn1. The summed E-state index contributed by atoms with van der Waals surface area (Å²) in [7, 11) is -3.24. The van der Waals surface area contributed by atoms with E-state index in [9.17, 15) is 23.0 Å². The van der Waals surface area contributed by atoms with Crippen molar-refractivity contribution in [2.45, 2.75) is 57.8 Å². The molecule has 1 heterocycles.